The number of fused-ring (bicyclic) bond motifs is 1. The molecule has 3 rings (SSSR count). The van der Waals surface area contributed by atoms with Gasteiger partial charge in [0.05, 0.1) is 6.61 Å². The van der Waals surface area contributed by atoms with Gasteiger partial charge >= 0.3 is 0 Å². The number of piperidine rings is 1. The van der Waals surface area contributed by atoms with Crippen molar-refractivity contribution in [3.63, 3.8) is 0 Å². The first-order chi connectivity index (χ1) is 8.86. The quantitative estimate of drug-likeness (QED) is 0.884. The predicted octanol–water partition coefficient (Wildman–Crippen LogP) is 2.52. The van der Waals surface area contributed by atoms with E-state index in [0.29, 0.717) is 12.6 Å². The van der Waals surface area contributed by atoms with Gasteiger partial charge in [0.15, 0.2) is 0 Å². The number of nitrogens with zero attached hydrogens (tertiary/aromatic N) is 1. The Morgan fingerprint density at radius 2 is 2.00 bits per heavy atom. The van der Waals surface area contributed by atoms with Crippen LogP contribution in [0.1, 0.15) is 42.4 Å². The van der Waals surface area contributed by atoms with Crippen LogP contribution >= 0.6 is 0 Å². The molecule has 1 aromatic rings. The normalized spacial score (nSPS) is 24.2. The Hall–Kier alpha value is -0.860. The molecule has 0 aromatic heterocycles. The third kappa shape index (κ3) is 2.45. The van der Waals surface area contributed by atoms with Gasteiger partial charge in [-0.3, -0.25) is 4.90 Å². The lowest BCUT2D eigenvalue weighted by molar-refractivity contribution is 0.0841. The fourth-order valence-corrected chi connectivity index (χ4v) is 3.43. The van der Waals surface area contributed by atoms with Gasteiger partial charge < -0.3 is 5.11 Å². The number of hydrogen-bond acceptors (Lipinski definition) is 2. The number of aliphatic hydroxyl groups excluding tert-OH is 1. The molecule has 2 heteroatoms. The van der Waals surface area contributed by atoms with E-state index in [4.69, 9.17) is 0 Å². The largest absolute Gasteiger partial charge is 0.395 e. The minimum Gasteiger partial charge on any atom is -0.395 e. The van der Waals surface area contributed by atoms with Crippen LogP contribution < -0.4 is 0 Å². The molecule has 1 saturated heterocycles. The average Bonchev–Trinajstić information content (AvgIpc) is 2.87. The highest BCUT2D eigenvalue weighted by molar-refractivity contribution is 5.35. The Morgan fingerprint density at radius 1 is 1.11 bits per heavy atom. The summed E-state index contributed by atoms with van der Waals surface area (Å²) in [5, 5.41) is 9.45. The first kappa shape index (κ1) is 12.2. The summed E-state index contributed by atoms with van der Waals surface area (Å²) in [5.74, 6) is 0. The zero-order chi connectivity index (χ0) is 12.4. The third-order valence-corrected chi connectivity index (χ3v) is 4.51. The number of rotatable bonds is 3. The number of aryl methyl sites for hydroxylation is 2. The Labute approximate surface area is 110 Å². The Balaban J connectivity index is 1.71. The maximum Gasteiger partial charge on any atom is 0.0586 e. The Kier molecular flexibility index (Phi) is 3.67. The zero-order valence-electron chi connectivity index (χ0n) is 11.1. The molecule has 1 aliphatic heterocycles. The van der Waals surface area contributed by atoms with E-state index in [1.165, 1.54) is 37.7 Å². The highest BCUT2D eigenvalue weighted by Gasteiger charge is 2.22. The SMILES string of the molecule is OCC1CCCCN1Cc1ccc2c(c1)CCC2. The van der Waals surface area contributed by atoms with Crippen LogP contribution in [-0.2, 0) is 19.4 Å². The monoisotopic (exact) mass is 245 g/mol. The van der Waals surface area contributed by atoms with Gasteiger partial charge in [0.25, 0.3) is 0 Å². The first-order valence-electron chi connectivity index (χ1n) is 7.32. The number of hydrogen-bond donors (Lipinski definition) is 1. The van der Waals surface area contributed by atoms with Gasteiger partial charge in [-0.2, -0.15) is 0 Å². The fourth-order valence-electron chi connectivity index (χ4n) is 3.43. The minimum atomic E-state index is 0.310. The van der Waals surface area contributed by atoms with E-state index >= 15 is 0 Å². The molecule has 1 fully saturated rings. The molecule has 0 spiro atoms. The van der Waals surface area contributed by atoms with Crippen molar-refractivity contribution in [1.29, 1.82) is 0 Å². The minimum absolute atomic E-state index is 0.310. The molecule has 0 radical (unpaired) electrons. The summed E-state index contributed by atoms with van der Waals surface area (Å²) in [5.41, 5.74) is 4.54. The van der Waals surface area contributed by atoms with Crippen LogP contribution in [0.4, 0.5) is 0 Å². The Morgan fingerprint density at radius 3 is 2.89 bits per heavy atom. The van der Waals surface area contributed by atoms with Crippen molar-refractivity contribution in [2.45, 2.75) is 51.1 Å². The average molecular weight is 245 g/mol. The highest BCUT2D eigenvalue weighted by atomic mass is 16.3. The standard InChI is InChI=1S/C16H23NO/c18-12-16-6-1-2-9-17(16)11-13-7-8-14-4-3-5-15(14)10-13/h7-8,10,16,18H,1-6,9,11-12H2. The van der Waals surface area contributed by atoms with E-state index in [2.05, 4.69) is 23.1 Å². The van der Waals surface area contributed by atoms with Crippen LogP contribution in [0, 0.1) is 0 Å². The first-order valence-corrected chi connectivity index (χ1v) is 7.32. The molecule has 18 heavy (non-hydrogen) atoms. The van der Waals surface area contributed by atoms with E-state index in [1.54, 1.807) is 11.1 Å². The molecular formula is C16H23NO. The maximum atomic E-state index is 9.45. The second-order valence-corrected chi connectivity index (χ2v) is 5.76. The molecule has 1 aliphatic carbocycles. The third-order valence-electron chi connectivity index (χ3n) is 4.51. The van der Waals surface area contributed by atoms with Gasteiger partial charge in [-0.25, -0.2) is 0 Å². The summed E-state index contributed by atoms with van der Waals surface area (Å²) >= 11 is 0. The molecular weight excluding hydrogens is 222 g/mol. The second-order valence-electron chi connectivity index (χ2n) is 5.76. The van der Waals surface area contributed by atoms with Gasteiger partial charge in [0.1, 0.15) is 0 Å². The molecule has 1 heterocycles. The van der Waals surface area contributed by atoms with Crippen molar-refractivity contribution in [3.05, 3.63) is 34.9 Å². The molecule has 0 saturated carbocycles. The van der Waals surface area contributed by atoms with Crippen LogP contribution in [0.3, 0.4) is 0 Å². The fraction of sp³-hybridized carbons (Fsp3) is 0.625. The van der Waals surface area contributed by atoms with E-state index in [9.17, 15) is 5.11 Å². The van der Waals surface area contributed by atoms with E-state index in [0.717, 1.165) is 19.5 Å². The van der Waals surface area contributed by atoms with E-state index in [-0.39, 0.29) is 0 Å². The van der Waals surface area contributed by atoms with Crippen LogP contribution in [0.15, 0.2) is 18.2 Å². The van der Waals surface area contributed by atoms with Crippen molar-refractivity contribution in [1.82, 2.24) is 4.90 Å². The molecule has 1 atom stereocenters. The van der Waals surface area contributed by atoms with E-state index < -0.39 is 0 Å². The summed E-state index contributed by atoms with van der Waals surface area (Å²) in [6.07, 6.45) is 7.54. The molecule has 1 unspecified atom stereocenters. The smallest absolute Gasteiger partial charge is 0.0586 e. The number of likely N-dealkylation sites (tertiary alicyclic amines) is 1. The second kappa shape index (κ2) is 5.41. The summed E-state index contributed by atoms with van der Waals surface area (Å²) in [4.78, 5) is 2.46. The molecule has 1 N–H and O–H groups in total. The van der Waals surface area contributed by atoms with Gasteiger partial charge in [-0.05, 0) is 55.3 Å². The lowest BCUT2D eigenvalue weighted by Gasteiger charge is -2.34. The predicted molar refractivity (Wildman–Crippen MR) is 73.6 cm³/mol. The molecule has 98 valence electrons. The van der Waals surface area contributed by atoms with Crippen molar-refractivity contribution in [3.8, 4) is 0 Å². The van der Waals surface area contributed by atoms with Crippen molar-refractivity contribution < 1.29 is 5.11 Å². The molecule has 2 aliphatic rings. The van der Waals surface area contributed by atoms with Gasteiger partial charge in [-0.15, -0.1) is 0 Å². The lowest BCUT2D eigenvalue weighted by atomic mass is 10.0. The molecule has 0 amide bonds. The van der Waals surface area contributed by atoms with Crippen LogP contribution in [-0.4, -0.2) is 29.2 Å². The van der Waals surface area contributed by atoms with Crippen molar-refractivity contribution >= 4 is 0 Å². The number of aliphatic hydroxyl groups is 1. The summed E-state index contributed by atoms with van der Waals surface area (Å²) in [6.45, 7) is 2.46. The lowest BCUT2D eigenvalue weighted by Crippen LogP contribution is -2.41. The highest BCUT2D eigenvalue weighted by Crippen LogP contribution is 2.25. The van der Waals surface area contributed by atoms with Gasteiger partial charge in [-0.1, -0.05) is 24.6 Å². The zero-order valence-corrected chi connectivity index (χ0v) is 11.1. The van der Waals surface area contributed by atoms with Crippen molar-refractivity contribution in [2.75, 3.05) is 13.2 Å². The number of benzene rings is 1. The molecule has 0 bridgehead atoms. The molecule has 2 nitrogen and oxygen atoms in total. The van der Waals surface area contributed by atoms with Crippen molar-refractivity contribution in [2.24, 2.45) is 0 Å². The molecule has 1 aromatic carbocycles. The maximum absolute atomic E-state index is 9.45. The van der Waals surface area contributed by atoms with Crippen LogP contribution in [0.5, 0.6) is 0 Å². The van der Waals surface area contributed by atoms with E-state index in [1.807, 2.05) is 0 Å². The topological polar surface area (TPSA) is 23.5 Å². The van der Waals surface area contributed by atoms with Gasteiger partial charge in [0.2, 0.25) is 0 Å². The van der Waals surface area contributed by atoms with Gasteiger partial charge in [0, 0.05) is 12.6 Å². The summed E-state index contributed by atoms with van der Waals surface area (Å²) < 4.78 is 0. The summed E-state index contributed by atoms with van der Waals surface area (Å²) in [6, 6.07) is 7.38. The van der Waals surface area contributed by atoms with Crippen LogP contribution in [0.2, 0.25) is 0 Å². The summed E-state index contributed by atoms with van der Waals surface area (Å²) in [7, 11) is 0. The Bertz CT molecular complexity index is 416. The van der Waals surface area contributed by atoms with Crippen LogP contribution in [0.25, 0.3) is 0 Å².